The summed E-state index contributed by atoms with van der Waals surface area (Å²) in [6.07, 6.45) is 4.30. The highest BCUT2D eigenvalue weighted by molar-refractivity contribution is 6.29. The summed E-state index contributed by atoms with van der Waals surface area (Å²) < 4.78 is 0. The molecule has 0 saturated heterocycles. The van der Waals surface area contributed by atoms with Gasteiger partial charge in [-0.3, -0.25) is 0 Å². The SMILES string of the molecule is CC1C(O)Nc2ccc(Cl)nc2N1C1CCCC1. The van der Waals surface area contributed by atoms with E-state index in [-0.39, 0.29) is 6.04 Å². The molecule has 0 aromatic carbocycles. The standard InChI is InChI=1S/C13H18ClN3O/c1-8-13(18)15-10-6-7-11(14)16-12(10)17(8)9-4-2-3-5-9/h6-9,13,15,18H,2-5H2,1H3. The van der Waals surface area contributed by atoms with Crippen molar-refractivity contribution in [1.82, 2.24) is 4.98 Å². The zero-order chi connectivity index (χ0) is 12.7. The van der Waals surface area contributed by atoms with Crippen LogP contribution in [0.15, 0.2) is 12.1 Å². The maximum atomic E-state index is 10.1. The van der Waals surface area contributed by atoms with Crippen molar-refractivity contribution in [3.63, 3.8) is 0 Å². The van der Waals surface area contributed by atoms with Gasteiger partial charge in [-0.25, -0.2) is 4.98 Å². The van der Waals surface area contributed by atoms with E-state index in [4.69, 9.17) is 11.6 Å². The number of hydrogen-bond donors (Lipinski definition) is 2. The molecule has 98 valence electrons. The van der Waals surface area contributed by atoms with Crippen molar-refractivity contribution in [3.8, 4) is 0 Å². The lowest BCUT2D eigenvalue weighted by Crippen LogP contribution is -2.53. The summed E-state index contributed by atoms with van der Waals surface area (Å²) >= 11 is 6.00. The van der Waals surface area contributed by atoms with Crippen molar-refractivity contribution in [2.45, 2.75) is 50.9 Å². The van der Waals surface area contributed by atoms with Gasteiger partial charge in [-0.15, -0.1) is 0 Å². The van der Waals surface area contributed by atoms with Gasteiger partial charge in [-0.05, 0) is 31.9 Å². The molecule has 1 saturated carbocycles. The van der Waals surface area contributed by atoms with Crippen LogP contribution in [0, 0.1) is 0 Å². The number of nitrogens with zero attached hydrogens (tertiary/aromatic N) is 2. The van der Waals surface area contributed by atoms with Gasteiger partial charge in [-0.2, -0.15) is 0 Å². The van der Waals surface area contributed by atoms with Crippen LogP contribution in [0.25, 0.3) is 0 Å². The number of nitrogens with one attached hydrogen (secondary N) is 1. The largest absolute Gasteiger partial charge is 0.372 e. The third-order valence-corrected chi connectivity index (χ3v) is 4.21. The lowest BCUT2D eigenvalue weighted by molar-refractivity contribution is 0.164. The topological polar surface area (TPSA) is 48.4 Å². The Morgan fingerprint density at radius 1 is 1.39 bits per heavy atom. The summed E-state index contributed by atoms with van der Waals surface area (Å²) in [7, 11) is 0. The monoisotopic (exact) mass is 267 g/mol. The summed E-state index contributed by atoms with van der Waals surface area (Å²) in [4.78, 5) is 6.69. The summed E-state index contributed by atoms with van der Waals surface area (Å²) in [6.45, 7) is 2.03. The fourth-order valence-corrected chi connectivity index (χ4v) is 3.19. The first-order chi connectivity index (χ1) is 8.66. The fourth-order valence-electron chi connectivity index (χ4n) is 3.05. The van der Waals surface area contributed by atoms with Crippen LogP contribution in [-0.2, 0) is 0 Å². The van der Waals surface area contributed by atoms with Crippen LogP contribution < -0.4 is 10.2 Å². The molecule has 4 nitrogen and oxygen atoms in total. The molecule has 1 aromatic rings. The van der Waals surface area contributed by atoms with E-state index in [0.717, 1.165) is 11.5 Å². The molecule has 0 bridgehead atoms. The zero-order valence-corrected chi connectivity index (χ0v) is 11.2. The fraction of sp³-hybridized carbons (Fsp3) is 0.615. The van der Waals surface area contributed by atoms with Crippen molar-refractivity contribution in [2.24, 2.45) is 0 Å². The molecule has 2 heterocycles. The average Bonchev–Trinajstić information content (AvgIpc) is 2.85. The number of fused-ring (bicyclic) bond motifs is 1. The maximum absolute atomic E-state index is 10.1. The minimum atomic E-state index is -0.555. The average molecular weight is 268 g/mol. The Bertz CT molecular complexity index is 448. The molecule has 2 atom stereocenters. The lowest BCUT2D eigenvalue weighted by Gasteiger charge is -2.43. The van der Waals surface area contributed by atoms with E-state index in [1.54, 1.807) is 6.07 Å². The molecule has 2 unspecified atom stereocenters. The van der Waals surface area contributed by atoms with Gasteiger partial charge in [-0.1, -0.05) is 24.4 Å². The summed E-state index contributed by atoms with van der Waals surface area (Å²) in [6, 6.07) is 4.14. The van der Waals surface area contributed by atoms with Crippen molar-refractivity contribution < 1.29 is 5.11 Å². The first-order valence-corrected chi connectivity index (χ1v) is 6.94. The van der Waals surface area contributed by atoms with Crippen molar-refractivity contribution in [2.75, 3.05) is 10.2 Å². The van der Waals surface area contributed by atoms with Crippen molar-refractivity contribution >= 4 is 23.1 Å². The van der Waals surface area contributed by atoms with E-state index in [9.17, 15) is 5.11 Å². The minimum Gasteiger partial charge on any atom is -0.372 e. The highest BCUT2D eigenvalue weighted by Crippen LogP contribution is 2.38. The predicted octanol–water partition coefficient (Wildman–Crippen LogP) is 2.62. The molecule has 2 aliphatic rings. The Morgan fingerprint density at radius 2 is 2.11 bits per heavy atom. The van der Waals surface area contributed by atoms with Crippen LogP contribution in [0.5, 0.6) is 0 Å². The van der Waals surface area contributed by atoms with Crippen molar-refractivity contribution in [3.05, 3.63) is 17.3 Å². The van der Waals surface area contributed by atoms with E-state index >= 15 is 0 Å². The molecule has 5 heteroatoms. The van der Waals surface area contributed by atoms with E-state index in [2.05, 4.69) is 15.2 Å². The number of aliphatic hydroxyl groups is 1. The molecule has 0 spiro atoms. The van der Waals surface area contributed by atoms with Crippen LogP contribution in [-0.4, -0.2) is 28.4 Å². The zero-order valence-electron chi connectivity index (χ0n) is 10.4. The van der Waals surface area contributed by atoms with Gasteiger partial charge in [0, 0.05) is 6.04 Å². The normalized spacial score (nSPS) is 28.1. The van der Waals surface area contributed by atoms with Gasteiger partial charge in [0.1, 0.15) is 11.4 Å². The van der Waals surface area contributed by atoms with E-state index < -0.39 is 6.23 Å². The number of hydrogen-bond acceptors (Lipinski definition) is 4. The van der Waals surface area contributed by atoms with Crippen LogP contribution in [0.2, 0.25) is 5.15 Å². The van der Waals surface area contributed by atoms with Gasteiger partial charge in [0.15, 0.2) is 5.82 Å². The summed E-state index contributed by atoms with van der Waals surface area (Å²) in [5, 5.41) is 13.7. The minimum absolute atomic E-state index is 0.0200. The predicted molar refractivity (Wildman–Crippen MR) is 73.1 cm³/mol. The first kappa shape index (κ1) is 12.1. The van der Waals surface area contributed by atoms with Crippen LogP contribution in [0.4, 0.5) is 11.5 Å². The molecule has 0 radical (unpaired) electrons. The summed E-state index contributed by atoms with van der Waals surface area (Å²) in [5.74, 6) is 0.882. The van der Waals surface area contributed by atoms with Crippen molar-refractivity contribution in [1.29, 1.82) is 0 Å². The molecule has 0 amide bonds. The number of pyridine rings is 1. The Hall–Kier alpha value is -1.00. The lowest BCUT2D eigenvalue weighted by atomic mass is 10.1. The molecule has 18 heavy (non-hydrogen) atoms. The number of aromatic nitrogens is 1. The van der Waals surface area contributed by atoms with Gasteiger partial charge in [0.05, 0.1) is 11.7 Å². The number of halogens is 1. The Kier molecular flexibility index (Phi) is 3.08. The maximum Gasteiger partial charge on any atom is 0.154 e. The van der Waals surface area contributed by atoms with E-state index in [1.165, 1.54) is 25.7 Å². The molecule has 3 rings (SSSR count). The molecule has 1 aliphatic heterocycles. The van der Waals surface area contributed by atoms with Gasteiger partial charge in [0.25, 0.3) is 0 Å². The molecular formula is C13H18ClN3O. The molecule has 1 aliphatic carbocycles. The number of anilines is 2. The molecule has 1 fully saturated rings. The van der Waals surface area contributed by atoms with Gasteiger partial charge >= 0.3 is 0 Å². The second kappa shape index (κ2) is 4.59. The van der Waals surface area contributed by atoms with Gasteiger partial charge in [0.2, 0.25) is 0 Å². The highest BCUT2D eigenvalue weighted by Gasteiger charge is 2.36. The van der Waals surface area contributed by atoms with E-state index in [1.807, 2.05) is 13.0 Å². The van der Waals surface area contributed by atoms with Crippen LogP contribution in [0.3, 0.4) is 0 Å². The Morgan fingerprint density at radius 3 is 2.83 bits per heavy atom. The Balaban J connectivity index is 2.02. The summed E-state index contributed by atoms with van der Waals surface area (Å²) in [5.41, 5.74) is 0.872. The second-order valence-corrected chi connectivity index (χ2v) is 5.57. The number of rotatable bonds is 1. The Labute approximate surface area is 112 Å². The third-order valence-electron chi connectivity index (χ3n) is 4.00. The molecular weight excluding hydrogens is 250 g/mol. The number of aliphatic hydroxyl groups excluding tert-OH is 1. The molecule has 1 aromatic heterocycles. The smallest absolute Gasteiger partial charge is 0.154 e. The van der Waals surface area contributed by atoms with Crippen LogP contribution in [0.1, 0.15) is 32.6 Å². The highest BCUT2D eigenvalue weighted by atomic mass is 35.5. The van der Waals surface area contributed by atoms with Crippen LogP contribution >= 0.6 is 11.6 Å². The third kappa shape index (κ3) is 1.93. The second-order valence-electron chi connectivity index (χ2n) is 5.18. The quantitative estimate of drug-likeness (QED) is 0.768. The van der Waals surface area contributed by atoms with E-state index in [0.29, 0.717) is 11.2 Å². The molecule has 2 N–H and O–H groups in total. The van der Waals surface area contributed by atoms with Gasteiger partial charge < -0.3 is 15.3 Å². The first-order valence-electron chi connectivity index (χ1n) is 6.56.